The smallest absolute Gasteiger partial charge is 0.293 e. The minimum Gasteiger partial charge on any atom is -0.493 e. The maximum absolute atomic E-state index is 14.1. The number of nitro benzene ring substituents is 1. The van der Waals surface area contributed by atoms with Gasteiger partial charge in [0.1, 0.15) is 22.8 Å². The predicted octanol–water partition coefficient (Wildman–Crippen LogP) is 9.40. The molecule has 1 atom stereocenters. The second-order valence-electron chi connectivity index (χ2n) is 21.4. The molecule has 4 heterocycles. The van der Waals surface area contributed by atoms with Gasteiger partial charge in [0.05, 0.1) is 41.4 Å². The zero-order valence-electron chi connectivity index (χ0n) is 42.7. The maximum atomic E-state index is 14.1. The normalized spacial score (nSPS) is 21.3. The summed E-state index contributed by atoms with van der Waals surface area (Å²) < 4.78 is 47.4. The molecule has 390 valence electrons. The van der Waals surface area contributed by atoms with Crippen LogP contribution < -0.4 is 29.1 Å². The third kappa shape index (κ3) is 10.6. The minimum absolute atomic E-state index is 0.0392. The molecule has 4 fully saturated rings. The van der Waals surface area contributed by atoms with Crippen LogP contribution in [0.25, 0.3) is 11.0 Å². The average Bonchev–Trinajstić information content (AvgIpc) is 3.84. The van der Waals surface area contributed by atoms with Crippen molar-refractivity contribution in [2.75, 3.05) is 63.7 Å². The lowest BCUT2D eigenvalue weighted by Crippen LogP contribution is -2.68. The van der Waals surface area contributed by atoms with Crippen LogP contribution in [0.2, 0.25) is 0 Å². The van der Waals surface area contributed by atoms with Gasteiger partial charge in [0, 0.05) is 92.7 Å². The lowest BCUT2D eigenvalue weighted by Gasteiger charge is -2.63. The van der Waals surface area contributed by atoms with E-state index in [0.29, 0.717) is 42.7 Å². The Morgan fingerprint density at radius 3 is 2.46 bits per heavy atom. The van der Waals surface area contributed by atoms with Gasteiger partial charge in [-0.15, -0.1) is 0 Å². The van der Waals surface area contributed by atoms with Gasteiger partial charge in [-0.3, -0.25) is 24.7 Å². The molecule has 4 aliphatic rings. The number of carbonyl (C=O) groups excluding carboxylic acids is 1. The van der Waals surface area contributed by atoms with Crippen molar-refractivity contribution in [2.24, 2.45) is 11.3 Å². The maximum Gasteiger partial charge on any atom is 0.293 e. The van der Waals surface area contributed by atoms with Crippen molar-refractivity contribution in [3.05, 3.63) is 136 Å². The molecule has 2 saturated heterocycles. The number of piperazine rings is 1. The van der Waals surface area contributed by atoms with Gasteiger partial charge in [-0.05, 0) is 123 Å². The van der Waals surface area contributed by atoms with Crippen molar-refractivity contribution >= 4 is 44.0 Å². The van der Waals surface area contributed by atoms with Crippen LogP contribution in [0.4, 0.5) is 17.1 Å². The summed E-state index contributed by atoms with van der Waals surface area (Å²) in [6.45, 7) is 12.0. The molecule has 1 unspecified atom stereocenters. The molecule has 10 rings (SSSR count). The van der Waals surface area contributed by atoms with E-state index in [1.807, 2.05) is 19.1 Å². The fourth-order valence-electron chi connectivity index (χ4n) is 11.7. The highest BCUT2D eigenvalue weighted by atomic mass is 32.2. The summed E-state index contributed by atoms with van der Waals surface area (Å²) in [7, 11) is -1.27. The van der Waals surface area contributed by atoms with Crippen LogP contribution in [-0.2, 0) is 16.6 Å². The number of aromatic amines is 1. The van der Waals surface area contributed by atoms with E-state index >= 15 is 0 Å². The molecular weight excluding hydrogens is 961 g/mol. The SMILES string of the molecule is COc1ccc(CN2CCN(C3CC4(C3)CN(c3ccc(C(=O)NS(=O)(=O)c5ccc(NCC6CCC(C)(O)CC6)c([N+](=O)[O-])c5)c(Oc5cnc6[nH]ccc6c5)c3)C4)C(c3ccccc3C(C)C)C2)cc1OC. The van der Waals surface area contributed by atoms with Gasteiger partial charge in [-0.2, -0.15) is 0 Å². The summed E-state index contributed by atoms with van der Waals surface area (Å²) in [4.78, 5) is 40.3. The Kier molecular flexibility index (Phi) is 14.1. The third-order valence-electron chi connectivity index (χ3n) is 15.8. The molecule has 74 heavy (non-hydrogen) atoms. The number of H-pyrrole nitrogens is 1. The lowest BCUT2D eigenvalue weighted by molar-refractivity contribution is -0.384. The Morgan fingerprint density at radius 2 is 1.72 bits per heavy atom. The number of methoxy groups -OCH3 is 2. The van der Waals surface area contributed by atoms with Crippen molar-refractivity contribution in [3.8, 4) is 23.0 Å². The topological polar surface area (TPSA) is 205 Å². The number of fused-ring (bicyclic) bond motifs is 1. The number of hydrogen-bond acceptors (Lipinski definition) is 14. The number of aliphatic hydroxyl groups is 1. The number of sulfonamides is 1. The van der Waals surface area contributed by atoms with Crippen LogP contribution in [-0.4, -0.2) is 109 Å². The molecule has 6 aromatic rings. The fourth-order valence-corrected chi connectivity index (χ4v) is 12.7. The number of nitro groups is 1. The molecule has 2 aliphatic carbocycles. The van der Waals surface area contributed by atoms with E-state index in [-0.39, 0.29) is 34.4 Å². The zero-order chi connectivity index (χ0) is 51.9. The molecule has 4 N–H and O–H groups in total. The van der Waals surface area contributed by atoms with Crippen LogP contribution in [0.15, 0.2) is 108 Å². The Balaban J connectivity index is 0.840. The molecule has 18 heteroatoms. The quantitative estimate of drug-likeness (QED) is 0.0497. The van der Waals surface area contributed by atoms with E-state index < -0.39 is 37.0 Å². The largest absolute Gasteiger partial charge is 0.493 e. The van der Waals surface area contributed by atoms with Gasteiger partial charge in [0.2, 0.25) is 0 Å². The van der Waals surface area contributed by atoms with Crippen LogP contribution >= 0.6 is 0 Å². The number of amides is 1. The number of nitrogens with zero attached hydrogens (tertiary/aromatic N) is 5. The predicted molar refractivity (Wildman–Crippen MR) is 284 cm³/mol. The van der Waals surface area contributed by atoms with Gasteiger partial charge in [-0.25, -0.2) is 18.1 Å². The first kappa shape index (κ1) is 50.8. The number of benzene rings is 4. The van der Waals surface area contributed by atoms with Gasteiger partial charge >= 0.3 is 0 Å². The van der Waals surface area contributed by atoms with Crippen LogP contribution in [0.3, 0.4) is 0 Å². The standard InChI is InChI=1S/C56H66N8O9S/c1-36(2)44-8-6-7-9-45(44)49-33-61(32-38-10-15-50(71-4)52(24-38)72-5)22-23-63(49)41-28-56(29-41)34-62(35-56)40-11-13-46(51(26-40)73-42-25-39-18-21-57-53(39)59-31-42)54(65)60-74(69,70)43-12-14-47(48(27-43)64(67)68)58-30-37-16-19-55(3,66)20-17-37/h6-15,18,21,24-27,31,36-37,41,49,58,66H,16-17,19-20,22-23,28-30,32-35H2,1-5H3,(H,57,59)(H,60,65). The molecule has 2 aromatic heterocycles. The number of carbonyl (C=O) groups is 1. The minimum atomic E-state index is -4.59. The first-order chi connectivity index (χ1) is 35.5. The summed E-state index contributed by atoms with van der Waals surface area (Å²) in [6, 6.07) is 28.0. The fraction of sp³-hybridized carbons (Fsp3) is 0.429. The van der Waals surface area contributed by atoms with Crippen molar-refractivity contribution in [1.29, 1.82) is 0 Å². The number of pyridine rings is 1. The molecule has 0 bridgehead atoms. The van der Waals surface area contributed by atoms with E-state index in [4.69, 9.17) is 14.2 Å². The summed E-state index contributed by atoms with van der Waals surface area (Å²) in [5.41, 5.74) is 4.54. The molecule has 0 radical (unpaired) electrons. The molecule has 2 saturated carbocycles. The van der Waals surface area contributed by atoms with E-state index in [1.54, 1.807) is 44.7 Å². The average molecular weight is 1030 g/mol. The summed E-state index contributed by atoms with van der Waals surface area (Å²) in [5, 5.41) is 26.5. The van der Waals surface area contributed by atoms with Crippen molar-refractivity contribution in [3.63, 3.8) is 0 Å². The molecular formula is C56H66N8O9S. The molecule has 2 aliphatic heterocycles. The van der Waals surface area contributed by atoms with E-state index in [0.717, 1.165) is 93.6 Å². The first-order valence-corrected chi connectivity index (χ1v) is 27.1. The summed E-state index contributed by atoms with van der Waals surface area (Å²) in [5.74, 6) is 1.55. The Morgan fingerprint density at radius 1 is 0.946 bits per heavy atom. The number of hydrogen-bond donors (Lipinski definition) is 4. The number of anilines is 2. The van der Waals surface area contributed by atoms with Gasteiger partial charge in [0.25, 0.3) is 21.6 Å². The molecule has 1 spiro atoms. The Hall–Kier alpha value is -6.73. The van der Waals surface area contributed by atoms with Crippen molar-refractivity contribution in [1.82, 2.24) is 24.5 Å². The van der Waals surface area contributed by atoms with Crippen molar-refractivity contribution in [2.45, 2.75) is 94.3 Å². The third-order valence-corrected chi connectivity index (χ3v) is 17.2. The van der Waals surface area contributed by atoms with Crippen LogP contribution in [0, 0.1) is 21.4 Å². The molecule has 4 aromatic carbocycles. The molecule has 17 nitrogen and oxygen atoms in total. The zero-order valence-corrected chi connectivity index (χ0v) is 43.5. The highest BCUT2D eigenvalue weighted by Gasteiger charge is 2.55. The highest BCUT2D eigenvalue weighted by Crippen LogP contribution is 2.54. The second kappa shape index (κ2) is 20.5. The summed E-state index contributed by atoms with van der Waals surface area (Å²) in [6.07, 6.45) is 8.19. The van der Waals surface area contributed by atoms with Gasteiger partial charge in [0.15, 0.2) is 11.5 Å². The van der Waals surface area contributed by atoms with E-state index in [9.17, 15) is 28.4 Å². The van der Waals surface area contributed by atoms with Crippen LogP contribution in [0.5, 0.6) is 23.0 Å². The van der Waals surface area contributed by atoms with E-state index in [1.165, 1.54) is 35.0 Å². The van der Waals surface area contributed by atoms with Crippen LogP contribution in [0.1, 0.15) is 98.3 Å². The number of nitrogens with one attached hydrogen (secondary N) is 3. The summed E-state index contributed by atoms with van der Waals surface area (Å²) >= 11 is 0. The number of aromatic nitrogens is 2. The molecule has 1 amide bonds. The Bertz CT molecular complexity index is 3160. The first-order valence-electron chi connectivity index (χ1n) is 25.6. The highest BCUT2D eigenvalue weighted by molar-refractivity contribution is 7.90. The van der Waals surface area contributed by atoms with Crippen molar-refractivity contribution < 1.29 is 37.5 Å². The van der Waals surface area contributed by atoms with Gasteiger partial charge in [-0.1, -0.05) is 44.2 Å². The van der Waals surface area contributed by atoms with E-state index in [2.05, 4.69) is 85.0 Å². The second-order valence-corrected chi connectivity index (χ2v) is 23.1. The monoisotopic (exact) mass is 1030 g/mol. The number of ether oxygens (including phenoxy) is 3. The number of rotatable bonds is 17. The Labute approximate surface area is 432 Å². The van der Waals surface area contributed by atoms with Gasteiger partial charge < -0.3 is 34.5 Å². The lowest BCUT2D eigenvalue weighted by atomic mass is 9.59.